The lowest BCUT2D eigenvalue weighted by Crippen LogP contribution is -2.29. The van der Waals surface area contributed by atoms with Crippen LogP contribution >= 0.6 is 0 Å². The molecule has 0 radical (unpaired) electrons. The van der Waals surface area contributed by atoms with E-state index in [4.69, 9.17) is 9.84 Å². The second kappa shape index (κ2) is 9.88. The molecular weight excluding hydrogens is 384 g/mol. The van der Waals surface area contributed by atoms with E-state index in [1.165, 1.54) is 12.1 Å². The molecule has 7 nitrogen and oxygen atoms in total. The van der Waals surface area contributed by atoms with Crippen molar-refractivity contribution >= 4 is 23.5 Å². The molecule has 0 aromatic heterocycles. The predicted molar refractivity (Wildman–Crippen MR) is 112 cm³/mol. The van der Waals surface area contributed by atoms with Crippen molar-refractivity contribution in [3.05, 3.63) is 95.6 Å². The van der Waals surface area contributed by atoms with Crippen LogP contribution < -0.4 is 15.4 Å². The van der Waals surface area contributed by atoms with E-state index in [9.17, 15) is 14.4 Å². The lowest BCUT2D eigenvalue weighted by Gasteiger charge is -2.09. The SMILES string of the molecule is O=C(O)CNC(=O)c1ccc(NC(=O)c2ccc(OCc3ccccc3)cc2)cc1. The number of carbonyl (C=O) groups is 3. The molecule has 0 saturated carbocycles. The first-order valence-electron chi connectivity index (χ1n) is 9.19. The largest absolute Gasteiger partial charge is 0.489 e. The van der Waals surface area contributed by atoms with Crippen molar-refractivity contribution < 1.29 is 24.2 Å². The lowest BCUT2D eigenvalue weighted by atomic mass is 10.1. The van der Waals surface area contributed by atoms with Gasteiger partial charge >= 0.3 is 5.97 Å². The standard InChI is InChI=1S/C23H20N2O5/c26-21(27)14-24-22(28)17-6-10-19(11-7-17)25-23(29)18-8-12-20(13-9-18)30-15-16-4-2-1-3-5-16/h1-13H,14-15H2,(H,24,28)(H,25,29)(H,26,27). The predicted octanol–water partition coefficient (Wildman–Crippen LogP) is 3.33. The average Bonchev–Trinajstić information content (AvgIpc) is 2.77. The van der Waals surface area contributed by atoms with Gasteiger partial charge in [0.1, 0.15) is 18.9 Å². The number of rotatable bonds is 8. The van der Waals surface area contributed by atoms with Crippen LogP contribution in [0.1, 0.15) is 26.3 Å². The summed E-state index contributed by atoms with van der Waals surface area (Å²) >= 11 is 0. The fourth-order valence-electron chi connectivity index (χ4n) is 2.61. The highest BCUT2D eigenvalue weighted by Crippen LogP contribution is 2.16. The van der Waals surface area contributed by atoms with Crippen LogP contribution in [-0.2, 0) is 11.4 Å². The third kappa shape index (κ3) is 5.93. The summed E-state index contributed by atoms with van der Waals surface area (Å²) in [7, 11) is 0. The molecule has 30 heavy (non-hydrogen) atoms. The van der Waals surface area contributed by atoms with Gasteiger partial charge in [0.2, 0.25) is 0 Å². The first-order valence-corrected chi connectivity index (χ1v) is 9.19. The van der Waals surface area contributed by atoms with Gasteiger partial charge in [-0.05, 0) is 54.1 Å². The van der Waals surface area contributed by atoms with E-state index >= 15 is 0 Å². The molecule has 3 N–H and O–H groups in total. The minimum absolute atomic E-state index is 0.298. The fraction of sp³-hybridized carbons (Fsp3) is 0.0870. The maximum atomic E-state index is 12.4. The average molecular weight is 404 g/mol. The maximum absolute atomic E-state index is 12.4. The third-order valence-electron chi connectivity index (χ3n) is 4.17. The summed E-state index contributed by atoms with van der Waals surface area (Å²) in [6.45, 7) is -0.0127. The van der Waals surface area contributed by atoms with Gasteiger partial charge in [-0.2, -0.15) is 0 Å². The third-order valence-corrected chi connectivity index (χ3v) is 4.17. The molecule has 0 saturated heterocycles. The summed E-state index contributed by atoms with van der Waals surface area (Å²) in [5.41, 5.74) is 2.33. The quantitative estimate of drug-likeness (QED) is 0.534. The Bertz CT molecular complexity index is 1020. The van der Waals surface area contributed by atoms with Gasteiger partial charge in [0.15, 0.2) is 0 Å². The van der Waals surface area contributed by atoms with E-state index in [-0.39, 0.29) is 5.91 Å². The molecule has 0 aliphatic carbocycles. The fourth-order valence-corrected chi connectivity index (χ4v) is 2.61. The van der Waals surface area contributed by atoms with Gasteiger partial charge in [-0.3, -0.25) is 14.4 Å². The lowest BCUT2D eigenvalue weighted by molar-refractivity contribution is -0.135. The highest BCUT2D eigenvalue weighted by molar-refractivity contribution is 6.04. The topological polar surface area (TPSA) is 105 Å². The van der Waals surface area contributed by atoms with Crippen LogP contribution in [0.25, 0.3) is 0 Å². The number of carbonyl (C=O) groups excluding carboxylic acids is 2. The van der Waals surface area contributed by atoms with Crippen LogP contribution in [0.3, 0.4) is 0 Å². The Morgan fingerprint density at radius 3 is 2.00 bits per heavy atom. The number of hydrogen-bond donors (Lipinski definition) is 3. The molecule has 0 aliphatic rings. The van der Waals surface area contributed by atoms with E-state index in [1.54, 1.807) is 36.4 Å². The number of nitrogens with one attached hydrogen (secondary N) is 2. The van der Waals surface area contributed by atoms with Crippen LogP contribution in [0, 0.1) is 0 Å². The second-order valence-electron chi connectivity index (χ2n) is 6.41. The highest BCUT2D eigenvalue weighted by atomic mass is 16.5. The Kier molecular flexibility index (Phi) is 6.78. The number of benzene rings is 3. The summed E-state index contributed by atoms with van der Waals surface area (Å²) < 4.78 is 5.71. The van der Waals surface area contributed by atoms with Crippen molar-refractivity contribution in [3.8, 4) is 5.75 Å². The molecule has 3 aromatic carbocycles. The highest BCUT2D eigenvalue weighted by Gasteiger charge is 2.09. The van der Waals surface area contributed by atoms with Gasteiger partial charge in [-0.25, -0.2) is 0 Å². The van der Waals surface area contributed by atoms with Gasteiger partial charge in [0.25, 0.3) is 11.8 Å². The molecule has 3 rings (SSSR count). The van der Waals surface area contributed by atoms with Crippen molar-refractivity contribution in [2.24, 2.45) is 0 Å². The van der Waals surface area contributed by atoms with E-state index in [1.807, 2.05) is 30.3 Å². The van der Waals surface area contributed by atoms with Crippen molar-refractivity contribution in [1.29, 1.82) is 0 Å². The van der Waals surface area contributed by atoms with Crippen LogP contribution in [0.2, 0.25) is 0 Å². The monoisotopic (exact) mass is 404 g/mol. The Morgan fingerprint density at radius 2 is 1.37 bits per heavy atom. The molecule has 7 heteroatoms. The Hall–Kier alpha value is -4.13. The molecule has 0 aliphatic heterocycles. The minimum atomic E-state index is -1.12. The summed E-state index contributed by atoms with van der Waals surface area (Å²) in [5, 5.41) is 13.6. The Labute approximate surface area is 173 Å². The smallest absolute Gasteiger partial charge is 0.322 e. The van der Waals surface area contributed by atoms with Crippen molar-refractivity contribution in [2.75, 3.05) is 11.9 Å². The molecule has 0 bridgehead atoms. The number of hydrogen-bond acceptors (Lipinski definition) is 4. The second-order valence-corrected chi connectivity index (χ2v) is 6.41. The van der Waals surface area contributed by atoms with Crippen molar-refractivity contribution in [2.45, 2.75) is 6.61 Å². The first kappa shape index (κ1) is 20.6. The van der Waals surface area contributed by atoms with Crippen LogP contribution in [0.15, 0.2) is 78.9 Å². The molecule has 0 heterocycles. The number of anilines is 1. The van der Waals surface area contributed by atoms with Crippen molar-refractivity contribution in [3.63, 3.8) is 0 Å². The van der Waals surface area contributed by atoms with E-state index < -0.39 is 18.4 Å². The van der Waals surface area contributed by atoms with E-state index in [2.05, 4.69) is 10.6 Å². The zero-order valence-electron chi connectivity index (χ0n) is 16.0. The molecule has 2 amide bonds. The Balaban J connectivity index is 1.54. The van der Waals surface area contributed by atoms with Gasteiger partial charge in [-0.15, -0.1) is 0 Å². The first-order chi connectivity index (χ1) is 14.5. The zero-order valence-corrected chi connectivity index (χ0v) is 16.0. The van der Waals surface area contributed by atoms with Gasteiger partial charge in [0.05, 0.1) is 0 Å². The van der Waals surface area contributed by atoms with Crippen LogP contribution in [0.5, 0.6) is 5.75 Å². The van der Waals surface area contributed by atoms with Gasteiger partial charge < -0.3 is 20.5 Å². The summed E-state index contributed by atoms with van der Waals surface area (Å²) in [5.74, 6) is -1.26. The summed E-state index contributed by atoms with van der Waals surface area (Å²) in [6, 6.07) is 22.7. The zero-order chi connectivity index (χ0) is 21.3. The van der Waals surface area contributed by atoms with E-state index in [0.29, 0.717) is 29.2 Å². The molecule has 0 fully saturated rings. The number of carboxylic acid groups (broad SMARTS) is 1. The van der Waals surface area contributed by atoms with Gasteiger partial charge in [0, 0.05) is 16.8 Å². The van der Waals surface area contributed by atoms with E-state index in [0.717, 1.165) is 5.56 Å². The molecular formula is C23H20N2O5. The number of amides is 2. The number of ether oxygens (including phenoxy) is 1. The summed E-state index contributed by atoms with van der Waals surface area (Å²) in [4.78, 5) is 34.7. The molecule has 152 valence electrons. The normalized spacial score (nSPS) is 10.1. The molecule has 0 unspecified atom stereocenters. The Morgan fingerprint density at radius 1 is 0.767 bits per heavy atom. The maximum Gasteiger partial charge on any atom is 0.322 e. The summed E-state index contributed by atoms with van der Waals surface area (Å²) in [6.07, 6.45) is 0. The number of aliphatic carboxylic acids is 1. The molecule has 3 aromatic rings. The van der Waals surface area contributed by atoms with Crippen molar-refractivity contribution in [1.82, 2.24) is 5.32 Å². The van der Waals surface area contributed by atoms with Crippen LogP contribution in [0.4, 0.5) is 5.69 Å². The van der Waals surface area contributed by atoms with Gasteiger partial charge in [-0.1, -0.05) is 30.3 Å². The molecule has 0 atom stereocenters. The van der Waals surface area contributed by atoms with Crippen LogP contribution in [-0.4, -0.2) is 29.4 Å². The minimum Gasteiger partial charge on any atom is -0.489 e. The number of carboxylic acids is 1. The molecule has 0 spiro atoms.